The van der Waals surface area contributed by atoms with E-state index in [1.54, 1.807) is 29.1 Å². The smallest absolute Gasteiger partial charge is 0.273 e. The topological polar surface area (TPSA) is 73.0 Å². The first-order chi connectivity index (χ1) is 14.1. The molecule has 0 spiro atoms. The highest BCUT2D eigenvalue weighted by molar-refractivity contribution is 7.92. The van der Waals surface area contributed by atoms with Crippen LogP contribution in [-0.4, -0.2) is 28.0 Å². The van der Waals surface area contributed by atoms with Crippen LogP contribution < -0.4 is 4.31 Å². The molecule has 162 valence electrons. The van der Waals surface area contributed by atoms with Crippen molar-refractivity contribution < 1.29 is 17.2 Å². The fraction of sp³-hybridized carbons (Fsp3) is 0.400. The third-order valence-corrected chi connectivity index (χ3v) is 6.69. The molecule has 3 aromatic rings. The molecule has 2 heterocycles. The van der Waals surface area contributed by atoms with Crippen LogP contribution in [0.2, 0.25) is 0 Å². The quantitative estimate of drug-likeness (QED) is 0.526. The molecule has 0 saturated carbocycles. The minimum Gasteiger partial charge on any atom is -0.273 e. The lowest BCUT2D eigenvalue weighted by Gasteiger charge is -2.24. The van der Waals surface area contributed by atoms with E-state index >= 15 is 0 Å². The molecule has 30 heavy (non-hydrogen) atoms. The molecule has 0 aliphatic carbocycles. The normalized spacial score (nSPS) is 12.1. The average molecular weight is 438 g/mol. The van der Waals surface area contributed by atoms with Gasteiger partial charge in [-0.25, -0.2) is 13.1 Å². The average Bonchev–Trinajstić information content (AvgIpc) is 3.32. The molecule has 7 nitrogen and oxygen atoms in total. The molecular formula is C20H25F2N5O2S. The van der Waals surface area contributed by atoms with Crippen LogP contribution in [0.4, 0.5) is 14.5 Å². The van der Waals surface area contributed by atoms with Crippen LogP contribution in [0.3, 0.4) is 0 Å². The third kappa shape index (κ3) is 4.38. The second-order valence-electron chi connectivity index (χ2n) is 7.26. The summed E-state index contributed by atoms with van der Waals surface area (Å²) in [6.45, 7) is 5.11. The summed E-state index contributed by atoms with van der Waals surface area (Å²) in [6.07, 6.45) is 2.64. The number of alkyl halides is 2. The molecule has 0 N–H and O–H groups in total. The van der Waals surface area contributed by atoms with Gasteiger partial charge in [0, 0.05) is 12.7 Å². The minimum absolute atomic E-state index is 0.0122. The number of hydrogen-bond acceptors (Lipinski definition) is 4. The van der Waals surface area contributed by atoms with Crippen LogP contribution in [0.1, 0.15) is 50.2 Å². The van der Waals surface area contributed by atoms with Crippen molar-refractivity contribution in [2.75, 3.05) is 4.31 Å². The van der Waals surface area contributed by atoms with Crippen molar-refractivity contribution in [1.29, 1.82) is 0 Å². The maximum absolute atomic E-state index is 13.5. The highest BCUT2D eigenvalue weighted by atomic mass is 32.2. The van der Waals surface area contributed by atoms with Crippen LogP contribution >= 0.6 is 0 Å². The number of hydrogen-bond donors (Lipinski definition) is 0. The van der Waals surface area contributed by atoms with E-state index in [4.69, 9.17) is 0 Å². The first-order valence-corrected chi connectivity index (χ1v) is 11.1. The van der Waals surface area contributed by atoms with Gasteiger partial charge in [0.1, 0.15) is 4.90 Å². The Hall–Kier alpha value is -2.75. The number of halogens is 2. The summed E-state index contributed by atoms with van der Waals surface area (Å²) in [5, 5.41) is 8.03. The molecule has 3 rings (SSSR count). The van der Waals surface area contributed by atoms with Crippen LogP contribution in [0.15, 0.2) is 47.6 Å². The van der Waals surface area contributed by atoms with Crippen LogP contribution in [0, 0.1) is 6.92 Å². The Morgan fingerprint density at radius 2 is 1.77 bits per heavy atom. The monoisotopic (exact) mass is 437 g/mol. The zero-order valence-corrected chi connectivity index (χ0v) is 18.1. The van der Waals surface area contributed by atoms with Gasteiger partial charge in [-0.1, -0.05) is 26.0 Å². The van der Waals surface area contributed by atoms with E-state index in [1.165, 1.54) is 11.2 Å². The summed E-state index contributed by atoms with van der Waals surface area (Å²) in [6, 6.07) is 8.91. The summed E-state index contributed by atoms with van der Waals surface area (Å²) in [5.41, 5.74) is 2.05. The molecule has 0 unspecified atom stereocenters. The fourth-order valence-corrected chi connectivity index (χ4v) is 4.68. The first kappa shape index (κ1) is 21.9. The van der Waals surface area contributed by atoms with Crippen molar-refractivity contribution in [2.45, 2.75) is 58.1 Å². The predicted octanol–water partition coefficient (Wildman–Crippen LogP) is 4.32. The van der Waals surface area contributed by atoms with Gasteiger partial charge < -0.3 is 0 Å². The first-order valence-electron chi connectivity index (χ1n) is 9.62. The molecule has 10 heteroatoms. The summed E-state index contributed by atoms with van der Waals surface area (Å²) in [7, 11) is -4.16. The number of sulfonamides is 1. The molecule has 1 aromatic carbocycles. The van der Waals surface area contributed by atoms with Gasteiger partial charge in [-0.15, -0.1) is 0 Å². The van der Waals surface area contributed by atoms with E-state index in [-0.39, 0.29) is 23.1 Å². The second-order valence-corrected chi connectivity index (χ2v) is 9.09. The van der Waals surface area contributed by atoms with E-state index in [0.29, 0.717) is 22.6 Å². The van der Waals surface area contributed by atoms with Gasteiger partial charge >= 0.3 is 6.55 Å². The van der Waals surface area contributed by atoms with Gasteiger partial charge in [0.2, 0.25) is 0 Å². The van der Waals surface area contributed by atoms with Crippen LogP contribution in [-0.2, 0) is 23.1 Å². The number of nitrogens with zero attached hydrogens (tertiary/aromatic N) is 5. The number of aryl methyl sites for hydroxylation is 2. The van der Waals surface area contributed by atoms with Crippen molar-refractivity contribution in [1.82, 2.24) is 19.6 Å². The zero-order valence-electron chi connectivity index (χ0n) is 17.3. The zero-order chi connectivity index (χ0) is 22.1. The Morgan fingerprint density at radius 3 is 2.27 bits per heavy atom. The summed E-state index contributed by atoms with van der Waals surface area (Å²) in [4.78, 5) is -0.259. The largest absolute Gasteiger partial charge is 0.333 e. The molecule has 0 amide bonds. The molecule has 0 fully saturated rings. The standard InChI is InChI=1S/C20H25F2N5O2S/c1-5-25-11-10-17(24-25)12-27(18-8-6-16(7-9-18)14(2)3)30(28,29)19-13-26(20(21)22)23-15(19)4/h6-11,13-14,20H,5,12H2,1-4H3. The number of rotatable bonds is 8. The third-order valence-electron chi connectivity index (χ3n) is 4.81. The molecule has 0 atom stereocenters. The number of benzene rings is 1. The van der Waals surface area contributed by atoms with Crippen molar-refractivity contribution in [3.05, 3.63) is 59.7 Å². The molecular weight excluding hydrogens is 412 g/mol. The van der Waals surface area contributed by atoms with E-state index in [0.717, 1.165) is 11.8 Å². The van der Waals surface area contributed by atoms with E-state index in [2.05, 4.69) is 10.2 Å². The Bertz CT molecular complexity index is 1100. The Kier molecular flexibility index (Phi) is 6.25. The maximum atomic E-state index is 13.5. The summed E-state index contributed by atoms with van der Waals surface area (Å²) >= 11 is 0. The molecule has 2 aromatic heterocycles. The number of anilines is 1. The van der Waals surface area contributed by atoms with Crippen LogP contribution in [0.5, 0.6) is 0 Å². The van der Waals surface area contributed by atoms with E-state index < -0.39 is 16.6 Å². The van der Waals surface area contributed by atoms with Gasteiger partial charge in [-0.05, 0) is 43.5 Å². The van der Waals surface area contributed by atoms with Gasteiger partial charge in [0.25, 0.3) is 10.0 Å². The van der Waals surface area contributed by atoms with E-state index in [9.17, 15) is 17.2 Å². The van der Waals surface area contributed by atoms with Crippen molar-refractivity contribution in [3.63, 3.8) is 0 Å². The Morgan fingerprint density at radius 1 is 1.10 bits per heavy atom. The number of aromatic nitrogens is 4. The fourth-order valence-electron chi connectivity index (χ4n) is 3.09. The van der Waals surface area contributed by atoms with Gasteiger partial charge in [0.15, 0.2) is 0 Å². The van der Waals surface area contributed by atoms with Crippen molar-refractivity contribution in [2.24, 2.45) is 0 Å². The SMILES string of the molecule is CCn1ccc(CN(c2ccc(C(C)C)cc2)S(=O)(=O)c2cn(C(F)F)nc2C)n1. The summed E-state index contributed by atoms with van der Waals surface area (Å²) in [5.74, 6) is 0.288. The highest BCUT2D eigenvalue weighted by Gasteiger charge is 2.30. The Labute approximate surface area is 175 Å². The molecule has 0 aliphatic heterocycles. The lowest BCUT2D eigenvalue weighted by molar-refractivity contribution is 0.0561. The lowest BCUT2D eigenvalue weighted by Crippen LogP contribution is -2.31. The van der Waals surface area contributed by atoms with Gasteiger partial charge in [-0.3, -0.25) is 8.99 Å². The van der Waals surface area contributed by atoms with Crippen molar-refractivity contribution >= 4 is 15.7 Å². The lowest BCUT2D eigenvalue weighted by atomic mass is 10.0. The van der Waals surface area contributed by atoms with Crippen LogP contribution in [0.25, 0.3) is 0 Å². The second kappa shape index (κ2) is 8.55. The maximum Gasteiger partial charge on any atom is 0.333 e. The predicted molar refractivity (Wildman–Crippen MR) is 110 cm³/mol. The Balaban J connectivity index is 2.07. The van der Waals surface area contributed by atoms with Crippen molar-refractivity contribution in [3.8, 4) is 0 Å². The van der Waals surface area contributed by atoms with E-state index in [1.807, 2.05) is 32.9 Å². The van der Waals surface area contributed by atoms with Gasteiger partial charge in [-0.2, -0.15) is 19.0 Å². The molecule has 0 bridgehead atoms. The molecule has 0 radical (unpaired) electrons. The summed E-state index contributed by atoms with van der Waals surface area (Å²) < 4.78 is 56.3. The minimum atomic E-state index is -4.16. The highest BCUT2D eigenvalue weighted by Crippen LogP contribution is 2.29. The molecule has 0 saturated heterocycles. The molecule has 0 aliphatic rings. The van der Waals surface area contributed by atoms with Gasteiger partial charge in [0.05, 0.1) is 29.8 Å².